The van der Waals surface area contributed by atoms with Gasteiger partial charge in [-0.1, -0.05) is 27.7 Å². The van der Waals surface area contributed by atoms with Crippen molar-refractivity contribution < 1.29 is 39.1 Å². The predicted octanol–water partition coefficient (Wildman–Crippen LogP) is 1.14. The van der Waals surface area contributed by atoms with Gasteiger partial charge < -0.3 is 29.5 Å². The van der Waals surface area contributed by atoms with Gasteiger partial charge in [-0.3, -0.25) is 9.59 Å². The summed E-state index contributed by atoms with van der Waals surface area (Å²) < 4.78 is 18.3. The van der Waals surface area contributed by atoms with Crippen molar-refractivity contribution in [2.75, 3.05) is 6.61 Å². The molecule has 2 bridgehead atoms. The van der Waals surface area contributed by atoms with Crippen LogP contribution in [-0.4, -0.2) is 64.1 Å². The minimum Gasteiger partial charge on any atom is -0.462 e. The summed E-state index contributed by atoms with van der Waals surface area (Å²) in [5, 5.41) is 35.6. The van der Waals surface area contributed by atoms with E-state index in [2.05, 4.69) is 13.8 Å². The molecule has 5 aliphatic carbocycles. The second-order valence-electron chi connectivity index (χ2n) is 12.3. The van der Waals surface area contributed by atoms with Gasteiger partial charge in [-0.05, 0) is 18.3 Å². The highest BCUT2D eigenvalue weighted by molar-refractivity contribution is 5.69. The number of hydrogen-bond donors (Lipinski definition) is 3. The van der Waals surface area contributed by atoms with Crippen LogP contribution < -0.4 is 0 Å². The standard InChI is InChI=1S/C24H34O8/c1-11(25)31-16-13-9-22(29)20(6)21(10-30-22)14(27)7-8-19(5)15(28)17(32-12(2)26)23(20,18(13,3)4)24(16,19)21/h13-17,27-29H,7-10H2,1-6H3. The molecule has 1 heterocycles. The van der Waals surface area contributed by atoms with Gasteiger partial charge in [0.15, 0.2) is 5.79 Å². The molecule has 8 heteroatoms. The van der Waals surface area contributed by atoms with Crippen molar-refractivity contribution in [1.82, 2.24) is 0 Å². The number of aliphatic hydroxyl groups excluding tert-OH is 2. The first kappa shape index (κ1) is 21.3. The van der Waals surface area contributed by atoms with Crippen molar-refractivity contribution in [2.24, 2.45) is 38.4 Å². The number of hydrogen-bond acceptors (Lipinski definition) is 8. The third kappa shape index (κ3) is 1.40. The van der Waals surface area contributed by atoms with E-state index in [0.717, 1.165) is 0 Å². The molecule has 0 aromatic rings. The molecule has 178 valence electrons. The quantitative estimate of drug-likeness (QED) is 0.536. The lowest BCUT2D eigenvalue weighted by Crippen LogP contribution is -2.90. The van der Waals surface area contributed by atoms with Crippen LogP contribution in [0.5, 0.6) is 0 Å². The Morgan fingerprint density at radius 1 is 0.969 bits per heavy atom. The molecule has 11 atom stereocenters. The van der Waals surface area contributed by atoms with Gasteiger partial charge in [0, 0.05) is 53.3 Å². The lowest BCUT2D eigenvalue weighted by molar-refractivity contribution is -0.450. The van der Waals surface area contributed by atoms with Crippen molar-refractivity contribution in [3.8, 4) is 0 Å². The normalized spacial score (nSPS) is 62.2. The Labute approximate surface area is 187 Å². The minimum atomic E-state index is -1.59. The fourth-order valence-corrected chi connectivity index (χ4v) is 11.6. The van der Waals surface area contributed by atoms with Gasteiger partial charge in [0.2, 0.25) is 0 Å². The molecule has 0 radical (unpaired) electrons. The van der Waals surface area contributed by atoms with E-state index in [4.69, 9.17) is 14.2 Å². The van der Waals surface area contributed by atoms with Gasteiger partial charge in [0.05, 0.1) is 18.8 Å². The van der Waals surface area contributed by atoms with Crippen molar-refractivity contribution in [3.63, 3.8) is 0 Å². The van der Waals surface area contributed by atoms with Gasteiger partial charge >= 0.3 is 11.9 Å². The van der Waals surface area contributed by atoms with E-state index >= 15 is 0 Å². The molecular formula is C24H34O8. The summed E-state index contributed by atoms with van der Waals surface area (Å²) in [7, 11) is 0. The van der Waals surface area contributed by atoms with Crippen molar-refractivity contribution in [1.29, 1.82) is 0 Å². The molecule has 0 amide bonds. The Bertz CT molecular complexity index is 964. The Morgan fingerprint density at radius 3 is 2.16 bits per heavy atom. The fourth-order valence-electron chi connectivity index (χ4n) is 11.6. The maximum Gasteiger partial charge on any atom is 0.303 e. The second-order valence-corrected chi connectivity index (χ2v) is 12.3. The summed E-state index contributed by atoms with van der Waals surface area (Å²) in [4.78, 5) is 24.8. The molecule has 6 rings (SSSR count). The largest absolute Gasteiger partial charge is 0.462 e. The van der Waals surface area contributed by atoms with Crippen molar-refractivity contribution in [3.05, 3.63) is 0 Å². The first-order chi connectivity index (χ1) is 14.7. The lowest BCUT2D eigenvalue weighted by Gasteiger charge is -2.84. The zero-order chi connectivity index (χ0) is 23.5. The molecule has 11 unspecified atom stereocenters. The number of carbonyl (C=O) groups is 2. The molecule has 6 aliphatic rings. The molecule has 32 heavy (non-hydrogen) atoms. The molecular weight excluding hydrogens is 416 g/mol. The zero-order valence-electron chi connectivity index (χ0n) is 19.6. The predicted molar refractivity (Wildman–Crippen MR) is 109 cm³/mol. The van der Waals surface area contributed by atoms with Crippen LogP contribution in [-0.2, 0) is 23.8 Å². The number of aliphatic hydroxyl groups is 3. The van der Waals surface area contributed by atoms with Crippen LogP contribution >= 0.6 is 0 Å². The smallest absolute Gasteiger partial charge is 0.303 e. The van der Waals surface area contributed by atoms with E-state index in [9.17, 15) is 24.9 Å². The van der Waals surface area contributed by atoms with E-state index in [1.165, 1.54) is 13.8 Å². The molecule has 3 spiro atoms. The molecule has 8 nitrogen and oxygen atoms in total. The minimum absolute atomic E-state index is 0.110. The highest BCUT2D eigenvalue weighted by Crippen LogP contribution is 3.04. The van der Waals surface area contributed by atoms with Gasteiger partial charge in [-0.2, -0.15) is 0 Å². The van der Waals surface area contributed by atoms with E-state index in [1.54, 1.807) is 0 Å². The topological polar surface area (TPSA) is 123 Å². The molecule has 5 saturated carbocycles. The summed E-state index contributed by atoms with van der Waals surface area (Å²) >= 11 is 0. The summed E-state index contributed by atoms with van der Waals surface area (Å²) in [6, 6.07) is 0. The van der Waals surface area contributed by atoms with E-state index in [1.807, 2.05) is 13.8 Å². The van der Waals surface area contributed by atoms with Crippen molar-refractivity contribution in [2.45, 2.75) is 91.0 Å². The first-order valence-corrected chi connectivity index (χ1v) is 11.8. The average Bonchev–Trinajstić information content (AvgIpc) is 3.00. The van der Waals surface area contributed by atoms with Crippen LogP contribution in [0.15, 0.2) is 0 Å². The molecule has 0 aromatic heterocycles. The van der Waals surface area contributed by atoms with Crippen molar-refractivity contribution >= 4 is 11.9 Å². The first-order valence-electron chi connectivity index (χ1n) is 11.8. The molecule has 1 aliphatic heterocycles. The highest BCUT2D eigenvalue weighted by Gasteiger charge is 3.10. The summed E-state index contributed by atoms with van der Waals surface area (Å²) in [5.41, 5.74) is -5.22. The van der Waals surface area contributed by atoms with Crippen LogP contribution in [0.1, 0.15) is 60.8 Å². The number of ether oxygens (including phenoxy) is 3. The van der Waals surface area contributed by atoms with Crippen LogP contribution in [0, 0.1) is 38.4 Å². The van der Waals surface area contributed by atoms with Crippen LogP contribution in [0.3, 0.4) is 0 Å². The summed E-state index contributed by atoms with van der Waals surface area (Å²) in [6.07, 6.45) is -2.23. The molecule has 1 saturated heterocycles. The maximum atomic E-state index is 12.4. The van der Waals surface area contributed by atoms with Gasteiger partial charge in [-0.25, -0.2) is 0 Å². The number of esters is 2. The maximum absolute atomic E-state index is 12.4. The van der Waals surface area contributed by atoms with Gasteiger partial charge in [0.1, 0.15) is 12.2 Å². The average molecular weight is 451 g/mol. The zero-order valence-corrected chi connectivity index (χ0v) is 19.6. The van der Waals surface area contributed by atoms with E-state index < -0.39 is 74.6 Å². The van der Waals surface area contributed by atoms with Crippen LogP contribution in [0.25, 0.3) is 0 Å². The Morgan fingerprint density at radius 2 is 1.56 bits per heavy atom. The van der Waals surface area contributed by atoms with E-state index in [0.29, 0.717) is 12.8 Å². The Balaban J connectivity index is 1.79. The van der Waals surface area contributed by atoms with Gasteiger partial charge in [0.25, 0.3) is 0 Å². The Hall–Kier alpha value is -1.22. The second kappa shape index (κ2) is 5.21. The summed E-state index contributed by atoms with van der Waals surface area (Å²) in [5.74, 6) is -2.82. The van der Waals surface area contributed by atoms with Crippen LogP contribution in [0.2, 0.25) is 0 Å². The highest BCUT2D eigenvalue weighted by atomic mass is 16.6. The van der Waals surface area contributed by atoms with Gasteiger partial charge in [-0.15, -0.1) is 0 Å². The molecule has 3 N–H and O–H groups in total. The van der Waals surface area contributed by atoms with Crippen LogP contribution in [0.4, 0.5) is 0 Å². The number of rotatable bonds is 2. The lowest BCUT2D eigenvalue weighted by atomic mass is 9.17. The summed E-state index contributed by atoms with van der Waals surface area (Å²) in [6.45, 7) is 10.9. The number of fused-ring (bicyclic) bond motifs is 1. The third-order valence-electron chi connectivity index (χ3n) is 11.9. The SMILES string of the molecule is CC(=O)OC1C2CC3(O)OCC45C(O)CCC6(C)C(O)C(OC(C)=O)C(C2(C)C)(C34C)C165. The monoisotopic (exact) mass is 450 g/mol. The molecule has 6 fully saturated rings. The van der Waals surface area contributed by atoms with E-state index in [-0.39, 0.29) is 18.9 Å². The Kier molecular flexibility index (Phi) is 3.47. The number of carbonyl (C=O) groups excluding carboxylic acids is 2. The third-order valence-corrected chi connectivity index (χ3v) is 11.9. The molecule has 0 aromatic carbocycles. The fraction of sp³-hybridized carbons (Fsp3) is 0.917.